The molecule has 0 radical (unpaired) electrons. The van der Waals surface area contributed by atoms with Gasteiger partial charge in [0.05, 0.1) is 24.5 Å². The van der Waals surface area contributed by atoms with Crippen LogP contribution in [0.25, 0.3) is 10.9 Å². The Morgan fingerprint density at radius 1 is 1.24 bits per heavy atom. The van der Waals surface area contributed by atoms with Crippen LogP contribution < -0.4 is 10.1 Å². The molecule has 3 aromatic rings. The van der Waals surface area contributed by atoms with Crippen LogP contribution in [0.4, 0.5) is 10.1 Å². The Morgan fingerprint density at radius 2 is 2.08 bits per heavy atom. The van der Waals surface area contributed by atoms with Gasteiger partial charge >= 0.3 is 0 Å². The minimum absolute atomic E-state index is 0.00297. The maximum Gasteiger partial charge on any atom is 0.224 e. The Balaban J connectivity index is 1.61. The molecule has 3 rings (SSSR count). The van der Waals surface area contributed by atoms with Crippen LogP contribution in [0.1, 0.15) is 23.2 Å². The summed E-state index contributed by atoms with van der Waals surface area (Å²) in [6.45, 7) is 0. The second-order valence-corrected chi connectivity index (χ2v) is 5.46. The fourth-order valence-electron chi connectivity index (χ4n) is 2.50. The van der Waals surface area contributed by atoms with Gasteiger partial charge in [-0.1, -0.05) is 12.1 Å². The Hall–Kier alpha value is -3.22. The van der Waals surface area contributed by atoms with Gasteiger partial charge in [0.1, 0.15) is 0 Å². The number of hydrogen-bond acceptors (Lipinski definition) is 4. The molecule has 0 saturated heterocycles. The zero-order valence-corrected chi connectivity index (χ0v) is 13.5. The molecule has 0 bridgehead atoms. The first kappa shape index (κ1) is 16.6. The number of ketones is 1. The average molecular weight is 341 g/mol. The minimum atomic E-state index is -0.608. The number of rotatable bonds is 6. The van der Waals surface area contributed by atoms with E-state index in [4.69, 9.17) is 4.74 Å². The molecule has 0 aliphatic rings. The molecule has 0 unspecified atom stereocenters. The number of halogens is 1. The number of carbonyl (C=O) groups is 2. The van der Waals surface area contributed by atoms with Crippen LogP contribution in [0.5, 0.6) is 5.75 Å². The SMILES string of the molecule is COc1ccc(C(=O)CCC(=O)Nc2cccc3cn[nH]c23)cc1F. The van der Waals surface area contributed by atoms with E-state index in [0.29, 0.717) is 5.69 Å². The summed E-state index contributed by atoms with van der Waals surface area (Å²) in [5, 5.41) is 10.4. The normalized spacial score (nSPS) is 10.6. The zero-order valence-electron chi connectivity index (χ0n) is 13.5. The molecule has 2 aromatic carbocycles. The topological polar surface area (TPSA) is 84.1 Å². The number of nitrogens with one attached hydrogen (secondary N) is 2. The van der Waals surface area contributed by atoms with E-state index in [-0.39, 0.29) is 35.8 Å². The summed E-state index contributed by atoms with van der Waals surface area (Å²) in [6.07, 6.45) is 1.64. The fraction of sp³-hybridized carbons (Fsp3) is 0.167. The number of fused-ring (bicyclic) bond motifs is 1. The maximum absolute atomic E-state index is 13.6. The van der Waals surface area contributed by atoms with Crippen LogP contribution >= 0.6 is 0 Å². The highest BCUT2D eigenvalue weighted by molar-refractivity contribution is 6.03. The molecular weight excluding hydrogens is 325 g/mol. The van der Waals surface area contributed by atoms with E-state index >= 15 is 0 Å². The molecule has 0 saturated carbocycles. The molecule has 0 spiro atoms. The van der Waals surface area contributed by atoms with E-state index in [1.807, 2.05) is 6.07 Å². The van der Waals surface area contributed by atoms with Gasteiger partial charge in [-0.05, 0) is 24.3 Å². The Morgan fingerprint density at radius 3 is 2.84 bits per heavy atom. The van der Waals surface area contributed by atoms with Gasteiger partial charge in [-0.2, -0.15) is 5.10 Å². The van der Waals surface area contributed by atoms with Crippen LogP contribution in [0.15, 0.2) is 42.6 Å². The largest absolute Gasteiger partial charge is 0.494 e. The monoisotopic (exact) mass is 341 g/mol. The lowest BCUT2D eigenvalue weighted by Gasteiger charge is -2.07. The van der Waals surface area contributed by atoms with Crippen molar-refractivity contribution in [2.75, 3.05) is 12.4 Å². The van der Waals surface area contributed by atoms with Gasteiger partial charge in [0, 0.05) is 23.8 Å². The smallest absolute Gasteiger partial charge is 0.224 e. The summed E-state index contributed by atoms with van der Waals surface area (Å²) in [5.41, 5.74) is 1.53. The van der Waals surface area contributed by atoms with Crippen molar-refractivity contribution in [1.82, 2.24) is 10.2 Å². The van der Waals surface area contributed by atoms with Gasteiger partial charge in [0.2, 0.25) is 5.91 Å². The van der Waals surface area contributed by atoms with Gasteiger partial charge < -0.3 is 10.1 Å². The third-order valence-electron chi connectivity index (χ3n) is 3.80. The zero-order chi connectivity index (χ0) is 17.8. The third-order valence-corrected chi connectivity index (χ3v) is 3.80. The molecule has 7 heteroatoms. The molecule has 0 aliphatic heterocycles. The first-order valence-corrected chi connectivity index (χ1v) is 7.67. The molecule has 0 fully saturated rings. The summed E-state index contributed by atoms with van der Waals surface area (Å²) in [5.74, 6) is -1.15. The number of H-pyrrole nitrogens is 1. The van der Waals surface area contributed by atoms with Crippen LogP contribution in [0.3, 0.4) is 0 Å². The molecule has 25 heavy (non-hydrogen) atoms. The third kappa shape index (κ3) is 3.65. The van der Waals surface area contributed by atoms with Gasteiger partial charge in [-0.25, -0.2) is 4.39 Å². The predicted molar refractivity (Wildman–Crippen MR) is 91.2 cm³/mol. The lowest BCUT2D eigenvalue weighted by molar-refractivity contribution is -0.116. The highest BCUT2D eigenvalue weighted by Crippen LogP contribution is 2.21. The highest BCUT2D eigenvalue weighted by atomic mass is 19.1. The Kier molecular flexibility index (Phi) is 4.74. The molecular formula is C18H16FN3O3. The van der Waals surface area contributed by atoms with Crippen molar-refractivity contribution in [2.24, 2.45) is 0 Å². The molecule has 128 valence electrons. The lowest BCUT2D eigenvalue weighted by atomic mass is 10.1. The summed E-state index contributed by atoms with van der Waals surface area (Å²) >= 11 is 0. The molecule has 1 amide bonds. The standard InChI is InChI=1S/C18H16FN3O3/c1-25-16-7-5-11(9-13(16)19)15(23)6-8-17(24)21-14-4-2-3-12-10-20-22-18(12)14/h2-5,7,9-10H,6,8H2,1H3,(H,20,22)(H,21,24). The number of Topliss-reactive ketones (excluding diaryl/α,β-unsaturated/α-hetero) is 1. The number of anilines is 1. The van der Waals surface area contributed by atoms with E-state index in [2.05, 4.69) is 15.5 Å². The maximum atomic E-state index is 13.6. The van der Waals surface area contributed by atoms with E-state index in [9.17, 15) is 14.0 Å². The molecule has 1 heterocycles. The van der Waals surface area contributed by atoms with Crippen molar-refractivity contribution in [3.05, 3.63) is 54.0 Å². The number of methoxy groups -OCH3 is 1. The van der Waals surface area contributed by atoms with Gasteiger partial charge in [0.15, 0.2) is 17.3 Å². The second-order valence-electron chi connectivity index (χ2n) is 5.46. The molecule has 0 atom stereocenters. The summed E-state index contributed by atoms with van der Waals surface area (Å²) in [4.78, 5) is 24.2. The van der Waals surface area contributed by atoms with Gasteiger partial charge in [-0.15, -0.1) is 0 Å². The number of amides is 1. The number of benzene rings is 2. The lowest BCUT2D eigenvalue weighted by Crippen LogP contribution is -2.14. The number of ether oxygens (including phenoxy) is 1. The Bertz CT molecular complexity index is 936. The minimum Gasteiger partial charge on any atom is -0.494 e. The van der Waals surface area contributed by atoms with Crippen molar-refractivity contribution in [2.45, 2.75) is 12.8 Å². The van der Waals surface area contributed by atoms with E-state index in [1.54, 1.807) is 18.3 Å². The number of aromatic nitrogens is 2. The first-order chi connectivity index (χ1) is 12.1. The van der Waals surface area contributed by atoms with Crippen LogP contribution in [-0.4, -0.2) is 29.0 Å². The summed E-state index contributed by atoms with van der Waals surface area (Å²) in [6, 6.07) is 9.41. The van der Waals surface area contributed by atoms with E-state index in [1.165, 1.54) is 19.2 Å². The van der Waals surface area contributed by atoms with Gasteiger partial charge in [0.25, 0.3) is 0 Å². The fourth-order valence-corrected chi connectivity index (χ4v) is 2.50. The van der Waals surface area contributed by atoms with E-state index in [0.717, 1.165) is 17.0 Å². The van der Waals surface area contributed by atoms with Crippen molar-refractivity contribution >= 4 is 28.3 Å². The summed E-state index contributed by atoms with van der Waals surface area (Å²) < 4.78 is 18.5. The summed E-state index contributed by atoms with van der Waals surface area (Å²) in [7, 11) is 1.35. The highest BCUT2D eigenvalue weighted by Gasteiger charge is 2.13. The van der Waals surface area contributed by atoms with Crippen LogP contribution in [0, 0.1) is 5.82 Å². The quantitative estimate of drug-likeness (QED) is 0.674. The number of nitrogens with zero attached hydrogens (tertiary/aromatic N) is 1. The number of para-hydroxylation sites is 1. The van der Waals surface area contributed by atoms with Crippen LogP contribution in [-0.2, 0) is 4.79 Å². The van der Waals surface area contributed by atoms with Crippen molar-refractivity contribution in [1.29, 1.82) is 0 Å². The molecule has 0 aliphatic carbocycles. The molecule has 1 aromatic heterocycles. The Labute approximate surface area is 143 Å². The molecule has 6 nitrogen and oxygen atoms in total. The van der Waals surface area contributed by atoms with Crippen molar-refractivity contribution < 1.29 is 18.7 Å². The second kappa shape index (κ2) is 7.12. The average Bonchev–Trinajstić information content (AvgIpc) is 3.09. The first-order valence-electron chi connectivity index (χ1n) is 7.67. The van der Waals surface area contributed by atoms with Gasteiger partial charge in [-0.3, -0.25) is 14.7 Å². The number of aromatic amines is 1. The number of hydrogen-bond donors (Lipinski definition) is 2. The van der Waals surface area contributed by atoms with Crippen LogP contribution in [0.2, 0.25) is 0 Å². The van der Waals surface area contributed by atoms with Crippen molar-refractivity contribution in [3.8, 4) is 5.75 Å². The predicted octanol–water partition coefficient (Wildman–Crippen LogP) is 3.31. The van der Waals surface area contributed by atoms with Crippen molar-refractivity contribution in [3.63, 3.8) is 0 Å². The van der Waals surface area contributed by atoms with E-state index < -0.39 is 5.82 Å². The number of carbonyl (C=O) groups excluding carboxylic acids is 2. The molecule has 2 N–H and O–H groups in total.